The van der Waals surface area contributed by atoms with Crippen LogP contribution in [0.25, 0.3) is 0 Å². The van der Waals surface area contributed by atoms with Crippen LogP contribution in [0, 0.1) is 5.92 Å². The molecular formula is C21H35N3O2. The Labute approximate surface area is 158 Å². The summed E-state index contributed by atoms with van der Waals surface area (Å²) in [5.41, 5.74) is 1.27. The molecule has 1 aliphatic heterocycles. The fraction of sp³-hybridized carbons (Fsp3) is 0.667. The van der Waals surface area contributed by atoms with Gasteiger partial charge in [0.2, 0.25) is 5.91 Å². The van der Waals surface area contributed by atoms with Crippen LogP contribution < -0.4 is 10.2 Å². The Morgan fingerprint density at radius 1 is 1.31 bits per heavy atom. The van der Waals surface area contributed by atoms with Gasteiger partial charge in [0.1, 0.15) is 0 Å². The number of likely N-dealkylation sites (N-methyl/N-ethyl adjacent to an activating group) is 1. The molecule has 1 aromatic carbocycles. The van der Waals surface area contributed by atoms with Crippen LogP contribution in [0.15, 0.2) is 30.3 Å². The summed E-state index contributed by atoms with van der Waals surface area (Å²) in [7, 11) is 2.05. The van der Waals surface area contributed by atoms with Crippen LogP contribution in [-0.2, 0) is 9.53 Å². The summed E-state index contributed by atoms with van der Waals surface area (Å²) < 4.78 is 5.54. The Morgan fingerprint density at radius 2 is 2.08 bits per heavy atom. The van der Waals surface area contributed by atoms with Gasteiger partial charge >= 0.3 is 0 Å². The van der Waals surface area contributed by atoms with Crippen molar-refractivity contribution in [3.63, 3.8) is 0 Å². The number of anilines is 1. The lowest BCUT2D eigenvalue weighted by Gasteiger charge is -2.38. The van der Waals surface area contributed by atoms with E-state index in [4.69, 9.17) is 4.74 Å². The molecular weight excluding hydrogens is 326 g/mol. The molecule has 1 aliphatic rings. The first-order chi connectivity index (χ1) is 12.6. The summed E-state index contributed by atoms with van der Waals surface area (Å²) in [6.07, 6.45) is 3.37. The Hall–Kier alpha value is -1.59. The van der Waals surface area contributed by atoms with Gasteiger partial charge in [-0.1, -0.05) is 32.0 Å². The lowest BCUT2D eigenvalue weighted by Crippen LogP contribution is -2.49. The summed E-state index contributed by atoms with van der Waals surface area (Å²) in [5, 5.41) is 2.96. The zero-order valence-corrected chi connectivity index (χ0v) is 16.6. The second kappa shape index (κ2) is 11.2. The molecule has 0 aliphatic carbocycles. The van der Waals surface area contributed by atoms with Crippen LogP contribution in [0.2, 0.25) is 0 Å². The van der Waals surface area contributed by atoms with Crippen molar-refractivity contribution in [2.24, 2.45) is 5.92 Å². The third-order valence-electron chi connectivity index (χ3n) is 4.94. The third-order valence-corrected chi connectivity index (χ3v) is 4.94. The van der Waals surface area contributed by atoms with Crippen molar-refractivity contribution in [1.82, 2.24) is 10.2 Å². The summed E-state index contributed by atoms with van der Waals surface area (Å²) >= 11 is 0. The van der Waals surface area contributed by atoms with Gasteiger partial charge in [-0.2, -0.15) is 0 Å². The zero-order chi connectivity index (χ0) is 18.8. The monoisotopic (exact) mass is 361 g/mol. The molecule has 0 spiro atoms. The van der Waals surface area contributed by atoms with E-state index < -0.39 is 0 Å². The predicted octanol–water partition coefficient (Wildman–Crippen LogP) is 2.77. The highest BCUT2D eigenvalue weighted by Crippen LogP contribution is 2.21. The van der Waals surface area contributed by atoms with Gasteiger partial charge in [-0.05, 0) is 44.4 Å². The van der Waals surface area contributed by atoms with E-state index in [9.17, 15) is 4.79 Å². The molecule has 1 amide bonds. The van der Waals surface area contributed by atoms with Gasteiger partial charge in [0.15, 0.2) is 0 Å². The van der Waals surface area contributed by atoms with Gasteiger partial charge in [0.05, 0.1) is 13.2 Å². The van der Waals surface area contributed by atoms with E-state index >= 15 is 0 Å². The average molecular weight is 362 g/mol. The first kappa shape index (κ1) is 20.7. The maximum atomic E-state index is 12.2. The average Bonchev–Trinajstić information content (AvgIpc) is 2.65. The maximum absolute atomic E-state index is 12.2. The van der Waals surface area contributed by atoms with Crippen LogP contribution in [-0.4, -0.2) is 63.3 Å². The number of hydrogen-bond donors (Lipinski definition) is 1. The Balaban J connectivity index is 1.66. The molecule has 1 N–H and O–H groups in total. The number of nitrogens with one attached hydrogen (secondary N) is 1. The Kier molecular flexibility index (Phi) is 8.92. The summed E-state index contributed by atoms with van der Waals surface area (Å²) in [4.78, 5) is 16.8. The van der Waals surface area contributed by atoms with E-state index in [1.807, 2.05) is 6.07 Å². The number of hydrogen-bond acceptors (Lipinski definition) is 4. The number of rotatable bonds is 10. The second-order valence-electron chi connectivity index (χ2n) is 7.64. The van der Waals surface area contributed by atoms with E-state index in [2.05, 4.69) is 60.3 Å². The number of ether oxygens (including phenoxy) is 1. The molecule has 1 aromatic rings. The minimum Gasteiger partial charge on any atom is -0.380 e. The minimum absolute atomic E-state index is 0.0804. The summed E-state index contributed by atoms with van der Waals surface area (Å²) in [6, 6.07) is 11.0. The highest BCUT2D eigenvalue weighted by atomic mass is 16.5. The molecule has 1 heterocycles. The number of para-hydroxylation sites is 1. The molecule has 146 valence electrons. The van der Waals surface area contributed by atoms with Crippen molar-refractivity contribution >= 4 is 11.6 Å². The van der Waals surface area contributed by atoms with E-state index in [1.165, 1.54) is 5.69 Å². The topological polar surface area (TPSA) is 44.8 Å². The first-order valence-electron chi connectivity index (χ1n) is 9.91. The van der Waals surface area contributed by atoms with Gasteiger partial charge in [-0.25, -0.2) is 0 Å². The molecule has 2 rings (SSSR count). The summed E-state index contributed by atoms with van der Waals surface area (Å²) in [5.74, 6) is 0.737. The second-order valence-corrected chi connectivity index (χ2v) is 7.64. The highest BCUT2D eigenvalue weighted by Gasteiger charge is 2.24. The third kappa shape index (κ3) is 7.34. The molecule has 0 saturated carbocycles. The van der Waals surface area contributed by atoms with Gasteiger partial charge in [0, 0.05) is 38.0 Å². The summed E-state index contributed by atoms with van der Waals surface area (Å²) in [6.45, 7) is 8.83. The van der Waals surface area contributed by atoms with Crippen molar-refractivity contribution in [3.05, 3.63) is 30.3 Å². The molecule has 1 atom stereocenters. The van der Waals surface area contributed by atoms with Crippen LogP contribution in [0.3, 0.4) is 0 Å². The number of carbonyl (C=O) groups is 1. The molecule has 0 radical (unpaired) electrons. The number of benzene rings is 1. The highest BCUT2D eigenvalue weighted by molar-refractivity contribution is 5.78. The fourth-order valence-electron chi connectivity index (χ4n) is 3.28. The fourth-order valence-corrected chi connectivity index (χ4v) is 3.28. The Morgan fingerprint density at radius 3 is 2.81 bits per heavy atom. The quantitative estimate of drug-likeness (QED) is 0.651. The molecule has 0 bridgehead atoms. The molecule has 5 nitrogen and oxygen atoms in total. The van der Waals surface area contributed by atoms with Crippen LogP contribution >= 0.6 is 0 Å². The maximum Gasteiger partial charge on any atom is 0.234 e. The van der Waals surface area contributed by atoms with Crippen molar-refractivity contribution in [2.75, 3.05) is 51.3 Å². The molecule has 5 heteroatoms. The zero-order valence-electron chi connectivity index (χ0n) is 16.6. The van der Waals surface area contributed by atoms with Crippen molar-refractivity contribution in [3.8, 4) is 0 Å². The van der Waals surface area contributed by atoms with Crippen molar-refractivity contribution in [1.29, 1.82) is 0 Å². The first-order valence-corrected chi connectivity index (χ1v) is 9.91. The molecule has 0 aromatic heterocycles. The lowest BCUT2D eigenvalue weighted by molar-refractivity contribution is -0.122. The van der Waals surface area contributed by atoms with E-state index in [-0.39, 0.29) is 5.91 Å². The predicted molar refractivity (Wildman–Crippen MR) is 108 cm³/mol. The SMILES string of the molecule is CC(C)CCOCCNC(=O)CN(C)[C@H]1CCCN(c2ccccc2)C1. The van der Waals surface area contributed by atoms with Crippen molar-refractivity contribution in [2.45, 2.75) is 39.2 Å². The molecule has 1 fully saturated rings. The smallest absolute Gasteiger partial charge is 0.234 e. The lowest BCUT2D eigenvalue weighted by atomic mass is 10.0. The van der Waals surface area contributed by atoms with Crippen molar-refractivity contribution < 1.29 is 9.53 Å². The number of carbonyl (C=O) groups excluding carboxylic acids is 1. The Bertz CT molecular complexity index is 521. The van der Waals surface area contributed by atoms with Gasteiger partial charge in [-0.15, -0.1) is 0 Å². The van der Waals surface area contributed by atoms with E-state index in [0.29, 0.717) is 31.7 Å². The largest absolute Gasteiger partial charge is 0.380 e. The van der Waals surface area contributed by atoms with Crippen LogP contribution in [0.5, 0.6) is 0 Å². The molecule has 1 saturated heterocycles. The van der Waals surface area contributed by atoms with Crippen LogP contribution in [0.1, 0.15) is 33.1 Å². The van der Waals surface area contributed by atoms with E-state index in [0.717, 1.165) is 39.0 Å². The van der Waals surface area contributed by atoms with E-state index in [1.54, 1.807) is 0 Å². The van der Waals surface area contributed by atoms with Crippen LogP contribution in [0.4, 0.5) is 5.69 Å². The number of nitrogens with zero attached hydrogens (tertiary/aromatic N) is 2. The molecule has 0 unspecified atom stereocenters. The van der Waals surface area contributed by atoms with Gasteiger partial charge in [-0.3, -0.25) is 9.69 Å². The van der Waals surface area contributed by atoms with Gasteiger partial charge < -0.3 is 15.0 Å². The number of piperidine rings is 1. The van der Waals surface area contributed by atoms with Gasteiger partial charge in [0.25, 0.3) is 0 Å². The normalized spacial score (nSPS) is 17.7. The number of amides is 1. The molecule has 26 heavy (non-hydrogen) atoms. The standard InChI is InChI=1S/C21H35N3O2/c1-18(2)11-14-26-15-12-22-21(25)17-23(3)20-10-7-13-24(16-20)19-8-5-4-6-9-19/h4-6,8-9,18,20H,7,10-17H2,1-3H3,(H,22,25)/t20-/m0/s1. The minimum atomic E-state index is 0.0804.